The lowest BCUT2D eigenvalue weighted by Gasteiger charge is -2.25. The second-order valence-electron chi connectivity index (χ2n) is 6.40. The molecule has 1 N–H and O–H groups in total. The van der Waals surface area contributed by atoms with Crippen molar-refractivity contribution in [3.05, 3.63) is 35.9 Å². The first-order chi connectivity index (χ1) is 11.7. The van der Waals surface area contributed by atoms with Crippen molar-refractivity contribution in [1.29, 1.82) is 0 Å². The van der Waals surface area contributed by atoms with Crippen LogP contribution in [0.3, 0.4) is 0 Å². The molecular formula is C18H26N6. The zero-order chi connectivity index (χ0) is 16.8. The molecule has 0 bridgehead atoms. The Morgan fingerprint density at radius 1 is 1.00 bits per heavy atom. The Morgan fingerprint density at radius 2 is 1.67 bits per heavy atom. The molecule has 1 aliphatic heterocycles. The number of nitrogens with one attached hydrogen (secondary N) is 1. The van der Waals surface area contributed by atoms with Crippen molar-refractivity contribution in [2.24, 2.45) is 0 Å². The lowest BCUT2D eigenvalue weighted by molar-refractivity contribution is 0.550. The van der Waals surface area contributed by atoms with Gasteiger partial charge < -0.3 is 10.2 Å². The summed E-state index contributed by atoms with van der Waals surface area (Å²) < 4.78 is 0. The topological polar surface area (TPSA) is 66.8 Å². The van der Waals surface area contributed by atoms with Crippen LogP contribution < -0.4 is 10.2 Å². The minimum atomic E-state index is 0.0637. The fourth-order valence-electron chi connectivity index (χ4n) is 3.13. The standard InChI is InChI=1S/C18H26N6/c1-14(22-17-19-9-8-10-20-17)16-13-21-18(23-15(16)2)24-11-6-4-3-5-7-12-24/h8-10,13-14H,3-7,11-12H2,1-2H3,(H,19,20,22). The summed E-state index contributed by atoms with van der Waals surface area (Å²) >= 11 is 0. The summed E-state index contributed by atoms with van der Waals surface area (Å²) in [5, 5.41) is 3.30. The molecule has 0 saturated carbocycles. The fraction of sp³-hybridized carbons (Fsp3) is 0.556. The third-order valence-electron chi connectivity index (χ3n) is 4.52. The monoisotopic (exact) mass is 326 g/mol. The number of hydrogen-bond acceptors (Lipinski definition) is 6. The Hall–Kier alpha value is -2.24. The maximum atomic E-state index is 4.77. The summed E-state index contributed by atoms with van der Waals surface area (Å²) in [4.78, 5) is 20.2. The third-order valence-corrected chi connectivity index (χ3v) is 4.52. The number of aryl methyl sites for hydroxylation is 1. The van der Waals surface area contributed by atoms with Gasteiger partial charge in [-0.15, -0.1) is 0 Å². The summed E-state index contributed by atoms with van der Waals surface area (Å²) in [6, 6.07) is 1.87. The number of aromatic nitrogens is 4. The molecule has 1 atom stereocenters. The maximum absolute atomic E-state index is 4.77. The first-order valence-corrected chi connectivity index (χ1v) is 8.86. The summed E-state index contributed by atoms with van der Waals surface area (Å²) in [7, 11) is 0. The van der Waals surface area contributed by atoms with Crippen LogP contribution >= 0.6 is 0 Å². The second-order valence-corrected chi connectivity index (χ2v) is 6.40. The van der Waals surface area contributed by atoms with Crippen LogP contribution in [-0.4, -0.2) is 33.0 Å². The van der Waals surface area contributed by atoms with Crippen LogP contribution in [0, 0.1) is 6.92 Å². The molecule has 6 nitrogen and oxygen atoms in total. The largest absolute Gasteiger partial charge is 0.348 e. The lowest BCUT2D eigenvalue weighted by atomic mass is 10.1. The van der Waals surface area contributed by atoms with Crippen LogP contribution in [-0.2, 0) is 0 Å². The SMILES string of the molecule is Cc1nc(N2CCCCCCC2)ncc1C(C)Nc1ncccn1. The van der Waals surface area contributed by atoms with E-state index in [0.29, 0.717) is 5.95 Å². The first kappa shape index (κ1) is 16.6. The fourth-order valence-corrected chi connectivity index (χ4v) is 3.13. The van der Waals surface area contributed by atoms with E-state index in [4.69, 9.17) is 4.98 Å². The molecule has 2 aromatic rings. The zero-order valence-electron chi connectivity index (χ0n) is 14.6. The van der Waals surface area contributed by atoms with Gasteiger partial charge in [0.15, 0.2) is 0 Å². The quantitative estimate of drug-likeness (QED) is 0.927. The van der Waals surface area contributed by atoms with E-state index in [0.717, 1.165) is 30.3 Å². The zero-order valence-corrected chi connectivity index (χ0v) is 14.6. The number of nitrogens with zero attached hydrogens (tertiary/aromatic N) is 5. The Balaban J connectivity index is 1.71. The van der Waals surface area contributed by atoms with Crippen molar-refractivity contribution in [3.63, 3.8) is 0 Å². The van der Waals surface area contributed by atoms with Crippen molar-refractivity contribution in [2.45, 2.75) is 52.0 Å². The summed E-state index contributed by atoms with van der Waals surface area (Å²) in [5.41, 5.74) is 2.09. The average Bonchev–Trinajstić information content (AvgIpc) is 2.55. The number of rotatable bonds is 4. The van der Waals surface area contributed by atoms with Gasteiger partial charge in [-0.3, -0.25) is 0 Å². The molecule has 1 fully saturated rings. The summed E-state index contributed by atoms with van der Waals surface area (Å²) in [6.07, 6.45) is 11.8. The van der Waals surface area contributed by atoms with Crippen LogP contribution in [0.2, 0.25) is 0 Å². The molecule has 0 radical (unpaired) electrons. The minimum Gasteiger partial charge on any atom is -0.348 e. The Labute approximate surface area is 143 Å². The molecule has 2 aromatic heterocycles. The van der Waals surface area contributed by atoms with E-state index in [1.54, 1.807) is 12.4 Å². The molecule has 1 unspecified atom stereocenters. The average molecular weight is 326 g/mol. The van der Waals surface area contributed by atoms with Gasteiger partial charge in [0.05, 0.1) is 6.04 Å². The third kappa shape index (κ3) is 4.19. The van der Waals surface area contributed by atoms with E-state index < -0.39 is 0 Å². The van der Waals surface area contributed by atoms with Gasteiger partial charge in [-0.2, -0.15) is 0 Å². The predicted octanol–water partition coefficient (Wildman–Crippen LogP) is 3.52. The predicted molar refractivity (Wildman–Crippen MR) is 96.1 cm³/mol. The van der Waals surface area contributed by atoms with Crippen molar-refractivity contribution < 1.29 is 0 Å². The number of hydrogen-bond donors (Lipinski definition) is 1. The normalized spacial score (nSPS) is 17.0. The number of anilines is 2. The minimum absolute atomic E-state index is 0.0637. The molecule has 1 aliphatic rings. The molecule has 0 amide bonds. The lowest BCUT2D eigenvalue weighted by Crippen LogP contribution is -2.29. The summed E-state index contributed by atoms with van der Waals surface area (Å²) in [5.74, 6) is 1.48. The Kier molecular flexibility index (Phi) is 5.56. The van der Waals surface area contributed by atoms with Crippen LogP contribution in [0.25, 0.3) is 0 Å². The van der Waals surface area contributed by atoms with Gasteiger partial charge in [0.2, 0.25) is 11.9 Å². The molecule has 3 rings (SSSR count). The highest BCUT2D eigenvalue weighted by molar-refractivity contribution is 5.37. The van der Waals surface area contributed by atoms with Crippen LogP contribution in [0.5, 0.6) is 0 Å². The van der Waals surface area contributed by atoms with Crippen LogP contribution in [0.1, 0.15) is 56.3 Å². The molecule has 0 aliphatic carbocycles. The van der Waals surface area contributed by atoms with E-state index in [1.807, 2.05) is 12.3 Å². The van der Waals surface area contributed by atoms with Crippen molar-refractivity contribution in [2.75, 3.05) is 23.3 Å². The highest BCUT2D eigenvalue weighted by atomic mass is 15.2. The van der Waals surface area contributed by atoms with Gasteiger partial charge in [0, 0.05) is 42.9 Å². The van der Waals surface area contributed by atoms with E-state index in [2.05, 4.69) is 39.0 Å². The van der Waals surface area contributed by atoms with E-state index in [9.17, 15) is 0 Å². The van der Waals surface area contributed by atoms with Gasteiger partial charge >= 0.3 is 0 Å². The molecule has 0 aromatic carbocycles. The molecule has 24 heavy (non-hydrogen) atoms. The van der Waals surface area contributed by atoms with E-state index in [1.165, 1.54) is 32.1 Å². The maximum Gasteiger partial charge on any atom is 0.225 e. The van der Waals surface area contributed by atoms with Gasteiger partial charge in [-0.05, 0) is 32.8 Å². The van der Waals surface area contributed by atoms with Gasteiger partial charge in [-0.25, -0.2) is 19.9 Å². The van der Waals surface area contributed by atoms with Gasteiger partial charge in [-0.1, -0.05) is 19.3 Å². The molecule has 128 valence electrons. The van der Waals surface area contributed by atoms with E-state index in [-0.39, 0.29) is 6.04 Å². The summed E-state index contributed by atoms with van der Waals surface area (Å²) in [6.45, 7) is 6.25. The highest BCUT2D eigenvalue weighted by Crippen LogP contribution is 2.21. The smallest absolute Gasteiger partial charge is 0.225 e. The van der Waals surface area contributed by atoms with Gasteiger partial charge in [0.25, 0.3) is 0 Å². The van der Waals surface area contributed by atoms with E-state index >= 15 is 0 Å². The highest BCUT2D eigenvalue weighted by Gasteiger charge is 2.16. The Morgan fingerprint density at radius 3 is 2.33 bits per heavy atom. The molecule has 3 heterocycles. The molecule has 6 heteroatoms. The van der Waals surface area contributed by atoms with Crippen LogP contribution in [0.4, 0.5) is 11.9 Å². The molecular weight excluding hydrogens is 300 g/mol. The van der Waals surface area contributed by atoms with Crippen LogP contribution in [0.15, 0.2) is 24.7 Å². The van der Waals surface area contributed by atoms with Crippen molar-refractivity contribution >= 4 is 11.9 Å². The van der Waals surface area contributed by atoms with Crippen molar-refractivity contribution in [3.8, 4) is 0 Å². The van der Waals surface area contributed by atoms with Gasteiger partial charge in [0.1, 0.15) is 0 Å². The van der Waals surface area contributed by atoms with Crippen molar-refractivity contribution in [1.82, 2.24) is 19.9 Å². The molecule has 0 spiro atoms. The first-order valence-electron chi connectivity index (χ1n) is 8.86. The molecule has 1 saturated heterocycles. The Bertz CT molecular complexity index is 637. The second kappa shape index (κ2) is 8.04.